The molecule has 0 bridgehead atoms. The van der Waals surface area contributed by atoms with Gasteiger partial charge in [0.2, 0.25) is 0 Å². The molecule has 0 radical (unpaired) electrons. The molecule has 2 saturated heterocycles. The summed E-state index contributed by atoms with van der Waals surface area (Å²) in [5, 5.41) is 0. The molecule has 30 heavy (non-hydrogen) atoms. The number of piperazine rings is 1. The molecular weight excluding hydrogens is 366 g/mol. The van der Waals surface area contributed by atoms with Gasteiger partial charge in [0.1, 0.15) is 0 Å². The fourth-order valence-corrected chi connectivity index (χ4v) is 5.71. The maximum atomic E-state index is 2.80. The van der Waals surface area contributed by atoms with Crippen molar-refractivity contribution in [3.8, 4) is 0 Å². The highest BCUT2D eigenvalue weighted by atomic mass is 15.3. The maximum Gasteiger partial charge on any atom is 0.0316 e. The van der Waals surface area contributed by atoms with Crippen molar-refractivity contribution >= 4 is 0 Å². The first-order chi connectivity index (χ1) is 14.7. The average molecular weight is 410 g/mol. The number of allylic oxidation sites excluding steroid dienone is 6. The van der Waals surface area contributed by atoms with E-state index >= 15 is 0 Å². The van der Waals surface area contributed by atoms with Crippen molar-refractivity contribution in [1.82, 2.24) is 14.7 Å². The van der Waals surface area contributed by atoms with Crippen molar-refractivity contribution in [3.05, 3.63) is 47.2 Å². The Morgan fingerprint density at radius 2 is 1.77 bits per heavy atom. The average Bonchev–Trinajstić information content (AvgIpc) is 2.83. The number of unbranched alkanes of at least 4 members (excludes halogenated alkanes) is 1. The van der Waals surface area contributed by atoms with Gasteiger partial charge in [0, 0.05) is 57.0 Å². The molecule has 0 aromatic heterocycles. The Bertz CT molecular complexity index is 670. The molecule has 2 aliphatic heterocycles. The van der Waals surface area contributed by atoms with Crippen LogP contribution < -0.4 is 0 Å². The lowest BCUT2D eigenvalue weighted by atomic mass is 9.95. The van der Waals surface area contributed by atoms with E-state index in [0.717, 1.165) is 6.04 Å². The van der Waals surface area contributed by atoms with Crippen LogP contribution in [0.25, 0.3) is 0 Å². The fourth-order valence-electron chi connectivity index (χ4n) is 5.71. The molecule has 1 atom stereocenters. The minimum absolute atomic E-state index is 0.591. The summed E-state index contributed by atoms with van der Waals surface area (Å²) in [5.74, 6) is 0. The second-order valence-corrected chi connectivity index (χ2v) is 9.74. The van der Waals surface area contributed by atoms with E-state index in [9.17, 15) is 0 Å². The van der Waals surface area contributed by atoms with Gasteiger partial charge in [0.05, 0.1) is 0 Å². The van der Waals surface area contributed by atoms with Crippen LogP contribution in [0.2, 0.25) is 0 Å². The van der Waals surface area contributed by atoms with Crippen molar-refractivity contribution in [2.75, 3.05) is 39.3 Å². The van der Waals surface area contributed by atoms with Crippen LogP contribution in [0.4, 0.5) is 0 Å². The Balaban J connectivity index is 1.21. The number of rotatable bonds is 7. The van der Waals surface area contributed by atoms with Gasteiger partial charge >= 0.3 is 0 Å². The van der Waals surface area contributed by atoms with Gasteiger partial charge in [-0.25, -0.2) is 0 Å². The number of hydrogen-bond donors (Lipinski definition) is 0. The summed E-state index contributed by atoms with van der Waals surface area (Å²) >= 11 is 0. The van der Waals surface area contributed by atoms with Crippen LogP contribution in [-0.4, -0.2) is 66.1 Å². The lowest BCUT2D eigenvalue weighted by molar-refractivity contribution is 0.0623. The predicted molar refractivity (Wildman–Crippen MR) is 129 cm³/mol. The Morgan fingerprint density at radius 3 is 2.40 bits per heavy atom. The van der Waals surface area contributed by atoms with Crippen LogP contribution in [-0.2, 0) is 0 Å². The Hall–Kier alpha value is -1.32. The van der Waals surface area contributed by atoms with Gasteiger partial charge in [-0.15, -0.1) is 0 Å². The second-order valence-electron chi connectivity index (χ2n) is 9.74. The minimum Gasteiger partial charge on any atom is -0.372 e. The molecule has 0 saturated carbocycles. The molecule has 2 fully saturated rings. The van der Waals surface area contributed by atoms with E-state index in [1.54, 1.807) is 16.8 Å². The van der Waals surface area contributed by atoms with Crippen LogP contribution in [0.1, 0.15) is 71.6 Å². The highest BCUT2D eigenvalue weighted by Crippen LogP contribution is 2.27. The normalized spacial score (nSPS) is 25.7. The predicted octanol–water partition coefficient (Wildman–Crippen LogP) is 5.53. The monoisotopic (exact) mass is 409 g/mol. The molecule has 2 aliphatic carbocycles. The number of nitrogens with zero attached hydrogens (tertiary/aromatic N) is 3. The third-order valence-corrected chi connectivity index (χ3v) is 7.85. The topological polar surface area (TPSA) is 9.72 Å². The van der Waals surface area contributed by atoms with Crippen molar-refractivity contribution < 1.29 is 0 Å². The molecule has 4 aliphatic rings. The largest absolute Gasteiger partial charge is 0.372 e. The summed E-state index contributed by atoms with van der Waals surface area (Å²) in [5.41, 5.74) is 4.80. The molecule has 0 amide bonds. The molecule has 0 aromatic rings. The summed E-state index contributed by atoms with van der Waals surface area (Å²) in [6.07, 6.45) is 23.7. The van der Waals surface area contributed by atoms with Crippen molar-refractivity contribution in [3.63, 3.8) is 0 Å². The standard InChI is InChI=1S/C27H43N3/c1-3-4-8-24-11-13-26(14-12-24)29-19-21-30(22-20-29)27-15-17-28(18-16-27)23(2)25-9-6-5-7-10-25/h6,9-11,13,23,27H,3-5,7-8,12,14-22H2,1-2H3. The molecule has 2 heterocycles. The van der Waals surface area contributed by atoms with Crippen LogP contribution in [0.3, 0.4) is 0 Å². The minimum atomic E-state index is 0.591. The highest BCUT2D eigenvalue weighted by Gasteiger charge is 2.30. The maximum absolute atomic E-state index is 2.80. The van der Waals surface area contributed by atoms with E-state index in [2.05, 4.69) is 58.9 Å². The number of piperidine rings is 1. The van der Waals surface area contributed by atoms with E-state index in [1.807, 2.05) is 0 Å². The molecule has 4 rings (SSSR count). The summed E-state index contributed by atoms with van der Waals surface area (Å²) < 4.78 is 0. The molecule has 0 aromatic carbocycles. The Labute approximate surface area is 185 Å². The van der Waals surface area contributed by atoms with Crippen molar-refractivity contribution in [1.29, 1.82) is 0 Å². The van der Waals surface area contributed by atoms with Crippen molar-refractivity contribution in [2.24, 2.45) is 0 Å². The molecule has 1 unspecified atom stereocenters. The van der Waals surface area contributed by atoms with Crippen molar-refractivity contribution in [2.45, 2.75) is 83.7 Å². The van der Waals surface area contributed by atoms with Gasteiger partial charge in [-0.1, -0.05) is 43.2 Å². The summed E-state index contributed by atoms with van der Waals surface area (Å²) in [6, 6.07) is 1.39. The smallest absolute Gasteiger partial charge is 0.0316 e. The van der Waals surface area contributed by atoms with Crippen LogP contribution in [0, 0.1) is 0 Å². The molecular formula is C27H43N3. The third-order valence-electron chi connectivity index (χ3n) is 7.85. The lowest BCUT2D eigenvalue weighted by Crippen LogP contribution is -2.53. The molecule has 0 spiro atoms. The summed E-state index contributed by atoms with van der Waals surface area (Å²) in [4.78, 5) is 8.18. The zero-order valence-corrected chi connectivity index (χ0v) is 19.5. The first-order valence-corrected chi connectivity index (χ1v) is 12.7. The van der Waals surface area contributed by atoms with Gasteiger partial charge in [-0.3, -0.25) is 9.80 Å². The Kier molecular flexibility index (Phi) is 7.89. The molecule has 0 N–H and O–H groups in total. The SMILES string of the molecule is CCCCC1=CC=C(N2CCN(C3CCN(C(C)C4=CCCC=C4)CC3)CC2)CC1. The zero-order valence-electron chi connectivity index (χ0n) is 19.5. The fraction of sp³-hybridized carbons (Fsp3) is 0.704. The second kappa shape index (κ2) is 10.8. The zero-order chi connectivity index (χ0) is 20.8. The van der Waals surface area contributed by atoms with E-state index in [-0.39, 0.29) is 0 Å². The van der Waals surface area contributed by atoms with Gasteiger partial charge in [-0.2, -0.15) is 0 Å². The van der Waals surface area contributed by atoms with E-state index in [0.29, 0.717) is 6.04 Å². The first kappa shape index (κ1) is 21.9. The van der Waals surface area contributed by atoms with Crippen LogP contribution in [0.15, 0.2) is 47.2 Å². The molecule has 3 nitrogen and oxygen atoms in total. The van der Waals surface area contributed by atoms with E-state index in [1.165, 1.54) is 97.1 Å². The molecule has 166 valence electrons. The Morgan fingerprint density at radius 1 is 0.967 bits per heavy atom. The van der Waals surface area contributed by atoms with Gasteiger partial charge in [0.15, 0.2) is 0 Å². The van der Waals surface area contributed by atoms with Gasteiger partial charge in [0.25, 0.3) is 0 Å². The lowest BCUT2D eigenvalue weighted by Gasteiger charge is -2.45. The summed E-state index contributed by atoms with van der Waals surface area (Å²) in [7, 11) is 0. The van der Waals surface area contributed by atoms with Crippen LogP contribution >= 0.6 is 0 Å². The highest BCUT2D eigenvalue weighted by molar-refractivity contribution is 5.27. The third kappa shape index (κ3) is 5.48. The quantitative estimate of drug-likeness (QED) is 0.547. The van der Waals surface area contributed by atoms with Crippen LogP contribution in [0.5, 0.6) is 0 Å². The van der Waals surface area contributed by atoms with Gasteiger partial charge in [-0.05, 0) is 69.9 Å². The van der Waals surface area contributed by atoms with E-state index < -0.39 is 0 Å². The van der Waals surface area contributed by atoms with Gasteiger partial charge < -0.3 is 4.90 Å². The van der Waals surface area contributed by atoms with E-state index in [4.69, 9.17) is 0 Å². The molecule has 3 heteroatoms. The first-order valence-electron chi connectivity index (χ1n) is 12.7. The summed E-state index contributed by atoms with van der Waals surface area (Å²) in [6.45, 7) is 12.1. The number of hydrogen-bond acceptors (Lipinski definition) is 3. The number of likely N-dealkylation sites (tertiary alicyclic amines) is 1.